The van der Waals surface area contributed by atoms with Gasteiger partial charge in [-0.25, -0.2) is 0 Å². The van der Waals surface area contributed by atoms with E-state index in [0.29, 0.717) is 18.5 Å². The largest absolute Gasteiger partial charge is 0.380 e. The zero-order chi connectivity index (χ0) is 13.4. The van der Waals surface area contributed by atoms with E-state index in [1.54, 1.807) is 16.7 Å². The number of aromatic nitrogens is 1. The van der Waals surface area contributed by atoms with Gasteiger partial charge >= 0.3 is 0 Å². The second-order valence-corrected chi connectivity index (χ2v) is 4.70. The number of nitrogens with zero attached hydrogens (tertiary/aromatic N) is 1. The molecule has 4 nitrogen and oxygen atoms in total. The Kier molecular flexibility index (Phi) is 6.68. The summed E-state index contributed by atoms with van der Waals surface area (Å²) in [6.45, 7) is 9.27. The molecule has 1 aromatic heterocycles. The van der Waals surface area contributed by atoms with Crippen LogP contribution in [0.25, 0.3) is 0 Å². The van der Waals surface area contributed by atoms with Gasteiger partial charge in [-0.2, -0.15) is 0 Å². The minimum Gasteiger partial charge on any atom is -0.380 e. The number of hydrogen-bond donors (Lipinski definition) is 1. The van der Waals surface area contributed by atoms with Gasteiger partial charge in [-0.3, -0.25) is 4.79 Å². The second kappa shape index (κ2) is 8.06. The number of pyridine rings is 1. The van der Waals surface area contributed by atoms with E-state index in [-0.39, 0.29) is 5.56 Å². The van der Waals surface area contributed by atoms with E-state index in [1.165, 1.54) is 0 Å². The molecule has 102 valence electrons. The first-order valence-electron chi connectivity index (χ1n) is 6.61. The van der Waals surface area contributed by atoms with Gasteiger partial charge in [0.25, 0.3) is 5.56 Å². The standard InChI is InChI=1S/C14H24N2O2/c1-4-18-11-13(12(2)3)15-8-10-16-9-6-5-7-14(16)17/h5-7,9,12-13,15H,4,8,10-11H2,1-3H3. The van der Waals surface area contributed by atoms with E-state index in [2.05, 4.69) is 19.2 Å². The highest BCUT2D eigenvalue weighted by Crippen LogP contribution is 2.01. The van der Waals surface area contributed by atoms with E-state index in [9.17, 15) is 4.79 Å². The van der Waals surface area contributed by atoms with Gasteiger partial charge in [-0.15, -0.1) is 0 Å². The van der Waals surface area contributed by atoms with Crippen molar-refractivity contribution in [2.45, 2.75) is 33.4 Å². The summed E-state index contributed by atoms with van der Waals surface area (Å²) in [5.41, 5.74) is 0.0465. The van der Waals surface area contributed by atoms with Crippen LogP contribution < -0.4 is 10.9 Å². The van der Waals surface area contributed by atoms with Crippen molar-refractivity contribution in [1.82, 2.24) is 9.88 Å². The quantitative estimate of drug-likeness (QED) is 0.762. The summed E-state index contributed by atoms with van der Waals surface area (Å²) in [5, 5.41) is 3.44. The maximum Gasteiger partial charge on any atom is 0.250 e. The molecule has 1 aromatic rings. The molecule has 0 aromatic carbocycles. The maximum atomic E-state index is 11.5. The lowest BCUT2D eigenvalue weighted by Gasteiger charge is -2.22. The number of hydrogen-bond acceptors (Lipinski definition) is 3. The van der Waals surface area contributed by atoms with Crippen LogP contribution in [0.15, 0.2) is 29.2 Å². The van der Waals surface area contributed by atoms with Crippen molar-refractivity contribution >= 4 is 0 Å². The molecule has 1 N–H and O–H groups in total. The van der Waals surface area contributed by atoms with Crippen molar-refractivity contribution in [1.29, 1.82) is 0 Å². The van der Waals surface area contributed by atoms with Gasteiger partial charge in [0.15, 0.2) is 0 Å². The van der Waals surface area contributed by atoms with Crippen molar-refractivity contribution in [2.24, 2.45) is 5.92 Å². The van der Waals surface area contributed by atoms with Gasteiger partial charge in [-0.1, -0.05) is 19.9 Å². The monoisotopic (exact) mass is 252 g/mol. The summed E-state index contributed by atoms with van der Waals surface area (Å²) in [4.78, 5) is 11.5. The van der Waals surface area contributed by atoms with Gasteiger partial charge in [-0.05, 0) is 18.9 Å². The van der Waals surface area contributed by atoms with E-state index >= 15 is 0 Å². The Morgan fingerprint density at radius 3 is 2.78 bits per heavy atom. The smallest absolute Gasteiger partial charge is 0.250 e. The van der Waals surface area contributed by atoms with Crippen molar-refractivity contribution in [3.8, 4) is 0 Å². The van der Waals surface area contributed by atoms with Crippen molar-refractivity contribution in [3.63, 3.8) is 0 Å². The SMILES string of the molecule is CCOCC(NCCn1ccccc1=O)C(C)C. The zero-order valence-electron chi connectivity index (χ0n) is 11.6. The van der Waals surface area contributed by atoms with Crippen molar-refractivity contribution < 1.29 is 4.74 Å². The van der Waals surface area contributed by atoms with Crippen LogP contribution in [0.2, 0.25) is 0 Å². The highest BCUT2D eigenvalue weighted by molar-refractivity contribution is 4.93. The van der Waals surface area contributed by atoms with E-state index in [1.807, 2.05) is 19.2 Å². The molecular formula is C14H24N2O2. The fraction of sp³-hybridized carbons (Fsp3) is 0.643. The van der Waals surface area contributed by atoms with Crippen LogP contribution in [0.1, 0.15) is 20.8 Å². The Morgan fingerprint density at radius 2 is 2.17 bits per heavy atom. The lowest BCUT2D eigenvalue weighted by Crippen LogP contribution is -2.40. The number of nitrogens with one attached hydrogen (secondary N) is 1. The maximum absolute atomic E-state index is 11.5. The molecule has 0 fully saturated rings. The summed E-state index contributed by atoms with van der Waals surface area (Å²) in [7, 11) is 0. The molecule has 18 heavy (non-hydrogen) atoms. The average Bonchev–Trinajstić information content (AvgIpc) is 2.35. The Bertz CT molecular complexity index is 387. The van der Waals surface area contributed by atoms with E-state index in [4.69, 9.17) is 4.74 Å². The molecule has 0 bridgehead atoms. The first-order chi connectivity index (χ1) is 8.65. The molecule has 0 saturated carbocycles. The van der Waals surface area contributed by atoms with Crippen molar-refractivity contribution in [3.05, 3.63) is 34.7 Å². The third kappa shape index (κ3) is 5.02. The lowest BCUT2D eigenvalue weighted by atomic mass is 10.1. The summed E-state index contributed by atoms with van der Waals surface area (Å²) < 4.78 is 7.17. The summed E-state index contributed by atoms with van der Waals surface area (Å²) in [6.07, 6.45) is 1.82. The molecule has 0 aliphatic carbocycles. The summed E-state index contributed by atoms with van der Waals surface area (Å²) >= 11 is 0. The fourth-order valence-electron chi connectivity index (χ4n) is 1.75. The molecule has 0 spiro atoms. The van der Waals surface area contributed by atoms with Crippen LogP contribution in [0.4, 0.5) is 0 Å². The lowest BCUT2D eigenvalue weighted by molar-refractivity contribution is 0.108. The minimum absolute atomic E-state index is 0.0465. The number of rotatable bonds is 8. The molecule has 0 aliphatic heterocycles. The first kappa shape index (κ1) is 14.9. The highest BCUT2D eigenvalue weighted by Gasteiger charge is 2.12. The van der Waals surface area contributed by atoms with Gasteiger partial charge in [0.1, 0.15) is 0 Å². The second-order valence-electron chi connectivity index (χ2n) is 4.70. The van der Waals surface area contributed by atoms with E-state index in [0.717, 1.165) is 19.8 Å². The summed E-state index contributed by atoms with van der Waals surface area (Å²) in [6, 6.07) is 5.56. The Balaban J connectivity index is 2.39. The van der Waals surface area contributed by atoms with Crippen LogP contribution in [-0.4, -0.2) is 30.4 Å². The zero-order valence-corrected chi connectivity index (χ0v) is 11.6. The van der Waals surface area contributed by atoms with Crippen LogP contribution >= 0.6 is 0 Å². The predicted molar refractivity (Wildman–Crippen MR) is 73.8 cm³/mol. The average molecular weight is 252 g/mol. The molecule has 1 heterocycles. The Labute approximate surface area is 109 Å². The molecule has 0 amide bonds. The number of ether oxygens (including phenoxy) is 1. The molecule has 1 atom stereocenters. The normalized spacial score (nSPS) is 12.9. The summed E-state index contributed by atoms with van der Waals surface area (Å²) in [5.74, 6) is 0.518. The topological polar surface area (TPSA) is 43.3 Å². The van der Waals surface area contributed by atoms with Crippen molar-refractivity contribution in [2.75, 3.05) is 19.8 Å². The molecule has 1 unspecified atom stereocenters. The van der Waals surface area contributed by atoms with E-state index < -0.39 is 0 Å². The Hall–Kier alpha value is -1.13. The third-order valence-corrected chi connectivity index (χ3v) is 2.96. The van der Waals surface area contributed by atoms with Crippen LogP contribution in [0.5, 0.6) is 0 Å². The van der Waals surface area contributed by atoms with Crippen LogP contribution in [0, 0.1) is 5.92 Å². The van der Waals surface area contributed by atoms with Gasteiger partial charge in [0.2, 0.25) is 0 Å². The molecule has 0 radical (unpaired) electrons. The van der Waals surface area contributed by atoms with Crippen LogP contribution in [-0.2, 0) is 11.3 Å². The molecule has 1 rings (SSSR count). The van der Waals surface area contributed by atoms with Gasteiger partial charge < -0.3 is 14.6 Å². The highest BCUT2D eigenvalue weighted by atomic mass is 16.5. The molecule has 4 heteroatoms. The van der Waals surface area contributed by atoms with Crippen LogP contribution in [0.3, 0.4) is 0 Å². The first-order valence-corrected chi connectivity index (χ1v) is 6.61. The third-order valence-electron chi connectivity index (χ3n) is 2.96. The predicted octanol–water partition coefficient (Wildman–Crippen LogP) is 1.50. The Morgan fingerprint density at radius 1 is 1.39 bits per heavy atom. The fourth-order valence-corrected chi connectivity index (χ4v) is 1.75. The minimum atomic E-state index is 0.0465. The van der Waals surface area contributed by atoms with Gasteiger partial charge in [0.05, 0.1) is 6.61 Å². The molecule has 0 aliphatic rings. The van der Waals surface area contributed by atoms with Gasteiger partial charge in [0, 0.05) is 38.0 Å². The molecular weight excluding hydrogens is 228 g/mol. The molecule has 0 saturated heterocycles.